The maximum atomic E-state index is 9.83. The predicted octanol–water partition coefficient (Wildman–Crippen LogP) is 2.25. The van der Waals surface area contributed by atoms with Crippen LogP contribution in [-0.2, 0) is 7.05 Å². The van der Waals surface area contributed by atoms with Crippen molar-refractivity contribution in [2.24, 2.45) is 7.05 Å². The fourth-order valence-corrected chi connectivity index (χ4v) is 2.34. The third kappa shape index (κ3) is 2.90. The fourth-order valence-electron chi connectivity index (χ4n) is 1.21. The lowest BCUT2D eigenvalue weighted by Gasteiger charge is -2.10. The summed E-state index contributed by atoms with van der Waals surface area (Å²) in [5.74, 6) is 1.74. The lowest BCUT2D eigenvalue weighted by molar-refractivity contribution is 0.194. The first-order valence-corrected chi connectivity index (χ1v) is 6.13. The normalized spacial score (nSPS) is 13.1. The molecule has 0 spiro atoms. The zero-order valence-corrected chi connectivity index (χ0v) is 9.98. The Morgan fingerprint density at radius 1 is 1.71 bits per heavy atom. The van der Waals surface area contributed by atoms with E-state index >= 15 is 0 Å². The standard InChI is InChI=1S/C9H15ClN2OS/c1-3-4-14-6-8(13)9-7(10)5-11-12(9)2/h5,8,13H,3-4,6H2,1-2H3. The van der Waals surface area contributed by atoms with E-state index < -0.39 is 6.10 Å². The first-order chi connectivity index (χ1) is 6.66. The van der Waals surface area contributed by atoms with Gasteiger partial charge in [0, 0.05) is 12.8 Å². The summed E-state index contributed by atoms with van der Waals surface area (Å²) in [6, 6.07) is 0. The van der Waals surface area contributed by atoms with Crippen molar-refractivity contribution in [1.29, 1.82) is 0 Å². The summed E-state index contributed by atoms with van der Waals surface area (Å²) < 4.78 is 1.62. The highest BCUT2D eigenvalue weighted by atomic mass is 35.5. The number of halogens is 1. The summed E-state index contributed by atoms with van der Waals surface area (Å²) in [6.45, 7) is 2.12. The minimum absolute atomic E-state index is 0.522. The average molecular weight is 235 g/mol. The van der Waals surface area contributed by atoms with Crippen LogP contribution in [0.3, 0.4) is 0 Å². The summed E-state index contributed by atoms with van der Waals surface area (Å²) in [4.78, 5) is 0. The summed E-state index contributed by atoms with van der Waals surface area (Å²) in [6.07, 6.45) is 2.16. The predicted molar refractivity (Wildman–Crippen MR) is 60.8 cm³/mol. The maximum absolute atomic E-state index is 9.83. The fraction of sp³-hybridized carbons (Fsp3) is 0.667. The van der Waals surface area contributed by atoms with Crippen molar-refractivity contribution in [3.8, 4) is 0 Å². The van der Waals surface area contributed by atoms with Crippen molar-refractivity contribution in [1.82, 2.24) is 9.78 Å². The highest BCUT2D eigenvalue weighted by Gasteiger charge is 2.15. The number of thioether (sulfide) groups is 1. The molecule has 1 atom stereocenters. The van der Waals surface area contributed by atoms with Gasteiger partial charge in [-0.15, -0.1) is 0 Å². The molecule has 5 heteroatoms. The molecule has 0 amide bonds. The van der Waals surface area contributed by atoms with Gasteiger partial charge in [-0.2, -0.15) is 16.9 Å². The summed E-state index contributed by atoms with van der Waals surface area (Å²) >= 11 is 7.63. The molecule has 1 rings (SSSR count). The molecule has 0 saturated carbocycles. The van der Waals surface area contributed by atoms with Gasteiger partial charge in [0.1, 0.15) is 6.10 Å². The number of rotatable bonds is 5. The van der Waals surface area contributed by atoms with E-state index in [1.165, 1.54) is 0 Å². The van der Waals surface area contributed by atoms with Crippen LogP contribution >= 0.6 is 23.4 Å². The molecule has 80 valence electrons. The zero-order chi connectivity index (χ0) is 10.6. The Balaban J connectivity index is 2.55. The van der Waals surface area contributed by atoms with Gasteiger partial charge in [-0.3, -0.25) is 4.68 Å². The minimum atomic E-state index is -0.522. The molecule has 0 saturated heterocycles. The zero-order valence-electron chi connectivity index (χ0n) is 8.40. The number of hydrogen-bond acceptors (Lipinski definition) is 3. The van der Waals surface area contributed by atoms with E-state index in [2.05, 4.69) is 12.0 Å². The van der Waals surface area contributed by atoms with Crippen molar-refractivity contribution in [2.45, 2.75) is 19.4 Å². The van der Waals surface area contributed by atoms with Gasteiger partial charge in [-0.05, 0) is 12.2 Å². The largest absolute Gasteiger partial charge is 0.386 e. The lowest BCUT2D eigenvalue weighted by Crippen LogP contribution is -2.08. The summed E-state index contributed by atoms with van der Waals surface area (Å²) in [5.41, 5.74) is 0.704. The van der Waals surface area contributed by atoms with Crippen LogP contribution in [0.4, 0.5) is 0 Å². The molecule has 14 heavy (non-hydrogen) atoms. The van der Waals surface area contributed by atoms with Gasteiger partial charge >= 0.3 is 0 Å². The number of nitrogens with zero attached hydrogens (tertiary/aromatic N) is 2. The molecule has 1 unspecified atom stereocenters. The molecule has 1 heterocycles. The highest BCUT2D eigenvalue weighted by molar-refractivity contribution is 7.99. The third-order valence-electron chi connectivity index (χ3n) is 1.88. The molecule has 0 bridgehead atoms. The van der Waals surface area contributed by atoms with Crippen LogP contribution in [0.1, 0.15) is 25.1 Å². The van der Waals surface area contributed by atoms with Crippen LogP contribution in [0, 0.1) is 0 Å². The van der Waals surface area contributed by atoms with E-state index in [4.69, 9.17) is 11.6 Å². The molecule has 0 radical (unpaired) electrons. The van der Waals surface area contributed by atoms with Crippen LogP contribution < -0.4 is 0 Å². The van der Waals surface area contributed by atoms with Gasteiger partial charge in [0.25, 0.3) is 0 Å². The number of hydrogen-bond donors (Lipinski definition) is 1. The first-order valence-electron chi connectivity index (χ1n) is 4.60. The van der Waals surface area contributed by atoms with E-state index in [1.807, 2.05) is 0 Å². The van der Waals surface area contributed by atoms with Crippen LogP contribution in [0.2, 0.25) is 5.02 Å². The molecule has 0 fully saturated rings. The molecule has 3 nitrogen and oxygen atoms in total. The van der Waals surface area contributed by atoms with E-state index in [9.17, 15) is 5.11 Å². The number of aromatic nitrogens is 2. The van der Waals surface area contributed by atoms with Crippen LogP contribution in [0.15, 0.2) is 6.20 Å². The van der Waals surface area contributed by atoms with Crippen molar-refractivity contribution < 1.29 is 5.11 Å². The Morgan fingerprint density at radius 3 is 2.93 bits per heavy atom. The average Bonchev–Trinajstić information content (AvgIpc) is 2.46. The summed E-state index contributed by atoms with van der Waals surface area (Å²) in [5, 5.41) is 14.4. The van der Waals surface area contributed by atoms with Crippen molar-refractivity contribution in [2.75, 3.05) is 11.5 Å². The van der Waals surface area contributed by atoms with Crippen molar-refractivity contribution in [3.63, 3.8) is 0 Å². The van der Waals surface area contributed by atoms with Crippen LogP contribution in [0.5, 0.6) is 0 Å². The van der Waals surface area contributed by atoms with Gasteiger partial charge in [-0.25, -0.2) is 0 Å². The van der Waals surface area contributed by atoms with Gasteiger partial charge in [0.15, 0.2) is 0 Å². The molecule has 0 aliphatic rings. The molecular formula is C9H15ClN2OS. The molecule has 0 aliphatic heterocycles. The van der Waals surface area contributed by atoms with Gasteiger partial charge in [-0.1, -0.05) is 18.5 Å². The minimum Gasteiger partial charge on any atom is -0.386 e. The van der Waals surface area contributed by atoms with E-state index in [0.29, 0.717) is 16.5 Å². The second-order valence-corrected chi connectivity index (χ2v) is 4.65. The smallest absolute Gasteiger partial charge is 0.106 e. The summed E-state index contributed by atoms with van der Waals surface area (Å²) in [7, 11) is 1.79. The monoisotopic (exact) mass is 234 g/mol. The topological polar surface area (TPSA) is 38.1 Å². The molecule has 1 N–H and O–H groups in total. The van der Waals surface area contributed by atoms with E-state index in [-0.39, 0.29) is 0 Å². The number of aliphatic hydroxyl groups excluding tert-OH is 1. The van der Waals surface area contributed by atoms with E-state index in [1.54, 1.807) is 29.7 Å². The molecule has 1 aromatic rings. The van der Waals surface area contributed by atoms with Crippen molar-refractivity contribution in [3.05, 3.63) is 16.9 Å². The quantitative estimate of drug-likeness (QED) is 0.795. The Morgan fingerprint density at radius 2 is 2.43 bits per heavy atom. The van der Waals surface area contributed by atoms with Gasteiger partial charge in [0.05, 0.1) is 16.9 Å². The lowest BCUT2D eigenvalue weighted by atomic mass is 10.3. The van der Waals surface area contributed by atoms with Crippen LogP contribution in [-0.4, -0.2) is 26.4 Å². The van der Waals surface area contributed by atoms with Gasteiger partial charge in [0.2, 0.25) is 0 Å². The highest BCUT2D eigenvalue weighted by Crippen LogP contribution is 2.24. The Kier molecular flexibility index (Phi) is 4.78. The maximum Gasteiger partial charge on any atom is 0.106 e. The Hall–Kier alpha value is -0.190. The Bertz CT molecular complexity index is 271. The second-order valence-electron chi connectivity index (χ2n) is 3.09. The Labute approximate surface area is 93.4 Å². The SMILES string of the molecule is CCCSCC(O)c1c(Cl)cnn1C. The van der Waals surface area contributed by atoms with Crippen LogP contribution in [0.25, 0.3) is 0 Å². The van der Waals surface area contributed by atoms with Crippen molar-refractivity contribution >= 4 is 23.4 Å². The molecule has 0 aromatic carbocycles. The number of aryl methyl sites for hydroxylation is 1. The molecule has 1 aromatic heterocycles. The van der Waals surface area contributed by atoms with E-state index in [0.717, 1.165) is 12.2 Å². The number of aliphatic hydroxyl groups is 1. The van der Waals surface area contributed by atoms with Gasteiger partial charge < -0.3 is 5.11 Å². The third-order valence-corrected chi connectivity index (χ3v) is 3.42. The first kappa shape index (κ1) is 11.9. The molecule has 0 aliphatic carbocycles. The molecular weight excluding hydrogens is 220 g/mol. The second kappa shape index (κ2) is 5.63.